The lowest BCUT2D eigenvalue weighted by Crippen LogP contribution is -2.04. The van der Waals surface area contributed by atoms with Gasteiger partial charge in [-0.3, -0.25) is 0 Å². The van der Waals surface area contributed by atoms with Crippen LogP contribution in [0.15, 0.2) is 35.6 Å². The Morgan fingerprint density at radius 2 is 2.05 bits per heavy atom. The molecule has 1 heterocycles. The van der Waals surface area contributed by atoms with E-state index in [2.05, 4.69) is 14.7 Å². The number of benzene rings is 1. The number of hydrogen-bond donors (Lipinski definition) is 1. The minimum absolute atomic E-state index is 0.0827. The molecule has 2 N–H and O–H groups in total. The van der Waals surface area contributed by atoms with Crippen LogP contribution in [0.25, 0.3) is 0 Å². The first kappa shape index (κ1) is 14.8. The first-order chi connectivity index (χ1) is 9.56. The molecule has 106 valence electrons. The van der Waals surface area contributed by atoms with E-state index in [-0.39, 0.29) is 11.6 Å². The molecule has 4 nitrogen and oxygen atoms in total. The summed E-state index contributed by atoms with van der Waals surface area (Å²) >= 11 is 7.13. The van der Waals surface area contributed by atoms with Crippen molar-refractivity contribution in [3.05, 3.63) is 41.2 Å². The van der Waals surface area contributed by atoms with E-state index in [1.54, 1.807) is 6.07 Å². The van der Waals surface area contributed by atoms with Gasteiger partial charge in [0.15, 0.2) is 5.82 Å². The second kappa shape index (κ2) is 6.71. The van der Waals surface area contributed by atoms with Crippen molar-refractivity contribution >= 4 is 29.2 Å². The summed E-state index contributed by atoms with van der Waals surface area (Å²) in [5.74, 6) is 0.709. The highest BCUT2D eigenvalue weighted by Gasteiger charge is 2.12. The number of halogens is 3. The molecule has 1 aromatic carbocycles. The first-order valence-electron chi connectivity index (χ1n) is 5.49. The Bertz CT molecular complexity index is 601. The molecule has 0 radical (unpaired) electrons. The van der Waals surface area contributed by atoms with Gasteiger partial charge >= 0.3 is 6.61 Å². The number of aromatic nitrogens is 2. The van der Waals surface area contributed by atoms with Gasteiger partial charge in [-0.2, -0.15) is 8.78 Å². The topological polar surface area (TPSA) is 61.0 Å². The molecule has 0 aliphatic rings. The molecule has 0 aliphatic heterocycles. The van der Waals surface area contributed by atoms with Crippen LogP contribution in [0.2, 0.25) is 5.02 Å². The zero-order valence-electron chi connectivity index (χ0n) is 10.1. The van der Waals surface area contributed by atoms with Gasteiger partial charge < -0.3 is 10.5 Å². The minimum atomic E-state index is -2.89. The fraction of sp³-hybridized carbons (Fsp3) is 0.167. The number of hydrogen-bond acceptors (Lipinski definition) is 5. The SMILES string of the molecule is Nc1nccnc1SCc1cc(Cl)ccc1OC(F)F. The smallest absolute Gasteiger partial charge is 0.387 e. The molecular formula is C12H10ClF2N3OS. The van der Waals surface area contributed by atoms with Crippen molar-refractivity contribution in [2.75, 3.05) is 5.73 Å². The van der Waals surface area contributed by atoms with Crippen LogP contribution in [0.1, 0.15) is 5.56 Å². The van der Waals surface area contributed by atoms with Crippen molar-refractivity contribution in [3.8, 4) is 5.75 Å². The molecule has 0 aliphatic carbocycles. The van der Waals surface area contributed by atoms with Crippen molar-refractivity contribution in [2.45, 2.75) is 17.4 Å². The number of nitrogen functional groups attached to an aromatic ring is 1. The van der Waals surface area contributed by atoms with E-state index in [4.69, 9.17) is 17.3 Å². The van der Waals surface area contributed by atoms with Crippen LogP contribution >= 0.6 is 23.4 Å². The van der Waals surface area contributed by atoms with Crippen molar-refractivity contribution in [2.24, 2.45) is 0 Å². The molecular weight excluding hydrogens is 308 g/mol. The van der Waals surface area contributed by atoms with Gasteiger partial charge in [-0.1, -0.05) is 23.4 Å². The number of thioether (sulfide) groups is 1. The third-order valence-electron chi connectivity index (χ3n) is 2.29. The van der Waals surface area contributed by atoms with Crippen LogP contribution in [0.4, 0.5) is 14.6 Å². The van der Waals surface area contributed by atoms with Gasteiger partial charge in [-0.15, -0.1) is 0 Å². The van der Waals surface area contributed by atoms with Crippen molar-refractivity contribution in [3.63, 3.8) is 0 Å². The van der Waals surface area contributed by atoms with Crippen LogP contribution in [0.3, 0.4) is 0 Å². The van der Waals surface area contributed by atoms with E-state index < -0.39 is 6.61 Å². The molecule has 0 fully saturated rings. The summed E-state index contributed by atoms with van der Waals surface area (Å²) in [6, 6.07) is 4.47. The number of ether oxygens (including phenoxy) is 1. The van der Waals surface area contributed by atoms with Gasteiger partial charge in [0.2, 0.25) is 0 Å². The van der Waals surface area contributed by atoms with E-state index >= 15 is 0 Å². The Kier molecular flexibility index (Phi) is 4.97. The van der Waals surface area contributed by atoms with E-state index in [9.17, 15) is 8.78 Å². The maximum absolute atomic E-state index is 12.3. The zero-order chi connectivity index (χ0) is 14.5. The fourth-order valence-electron chi connectivity index (χ4n) is 1.47. The molecule has 0 saturated heterocycles. The maximum atomic E-state index is 12.3. The molecule has 2 rings (SSSR count). The van der Waals surface area contributed by atoms with Crippen LogP contribution in [-0.2, 0) is 5.75 Å². The molecule has 0 bridgehead atoms. The van der Waals surface area contributed by atoms with Gasteiger partial charge in [0, 0.05) is 28.7 Å². The lowest BCUT2D eigenvalue weighted by Gasteiger charge is -2.11. The number of nitrogens with zero attached hydrogens (tertiary/aromatic N) is 2. The van der Waals surface area contributed by atoms with E-state index in [0.717, 1.165) is 0 Å². The normalized spacial score (nSPS) is 10.8. The summed E-state index contributed by atoms with van der Waals surface area (Å²) < 4.78 is 29.1. The molecule has 0 atom stereocenters. The third-order valence-corrected chi connectivity index (χ3v) is 3.57. The van der Waals surface area contributed by atoms with Gasteiger partial charge in [0.1, 0.15) is 10.8 Å². The van der Waals surface area contributed by atoms with Crippen LogP contribution < -0.4 is 10.5 Å². The Morgan fingerprint density at radius 3 is 2.75 bits per heavy atom. The summed E-state index contributed by atoms with van der Waals surface area (Å²) in [6.07, 6.45) is 2.98. The second-order valence-corrected chi connectivity index (χ2v) is 5.07. The largest absolute Gasteiger partial charge is 0.435 e. The molecule has 0 spiro atoms. The molecule has 8 heteroatoms. The summed E-state index contributed by atoms with van der Waals surface area (Å²) in [5, 5.41) is 0.963. The number of anilines is 1. The molecule has 1 aromatic heterocycles. The molecule has 20 heavy (non-hydrogen) atoms. The third kappa shape index (κ3) is 3.94. The molecule has 2 aromatic rings. The van der Waals surface area contributed by atoms with Crippen LogP contribution in [0, 0.1) is 0 Å². The Labute approximate surface area is 123 Å². The molecule has 0 unspecified atom stereocenters. The van der Waals surface area contributed by atoms with E-state index in [1.165, 1.54) is 36.3 Å². The Hall–Kier alpha value is -1.60. The van der Waals surface area contributed by atoms with Crippen molar-refractivity contribution in [1.82, 2.24) is 9.97 Å². The fourth-order valence-corrected chi connectivity index (χ4v) is 2.51. The summed E-state index contributed by atoms with van der Waals surface area (Å²) in [6.45, 7) is -2.89. The second-order valence-electron chi connectivity index (χ2n) is 3.67. The highest BCUT2D eigenvalue weighted by Crippen LogP contribution is 2.31. The highest BCUT2D eigenvalue weighted by atomic mass is 35.5. The average Bonchev–Trinajstić information content (AvgIpc) is 2.40. The number of rotatable bonds is 5. The average molecular weight is 318 g/mol. The predicted octanol–water partition coefficient (Wildman–Crippen LogP) is 3.61. The quantitative estimate of drug-likeness (QED) is 0.854. The summed E-state index contributed by atoms with van der Waals surface area (Å²) in [4.78, 5) is 7.96. The lowest BCUT2D eigenvalue weighted by molar-refractivity contribution is -0.0503. The first-order valence-corrected chi connectivity index (χ1v) is 6.85. The van der Waals surface area contributed by atoms with Gasteiger partial charge in [0.05, 0.1) is 0 Å². The Balaban J connectivity index is 2.16. The van der Waals surface area contributed by atoms with E-state index in [1.807, 2.05) is 0 Å². The minimum Gasteiger partial charge on any atom is -0.435 e. The van der Waals surface area contributed by atoms with Gasteiger partial charge in [-0.25, -0.2) is 9.97 Å². The van der Waals surface area contributed by atoms with Crippen LogP contribution in [-0.4, -0.2) is 16.6 Å². The lowest BCUT2D eigenvalue weighted by atomic mass is 10.2. The van der Waals surface area contributed by atoms with Crippen molar-refractivity contribution < 1.29 is 13.5 Å². The maximum Gasteiger partial charge on any atom is 0.387 e. The van der Waals surface area contributed by atoms with Gasteiger partial charge in [-0.05, 0) is 18.2 Å². The molecule has 0 amide bonds. The Morgan fingerprint density at radius 1 is 1.30 bits per heavy atom. The number of alkyl halides is 2. The summed E-state index contributed by atoms with van der Waals surface area (Å²) in [5.41, 5.74) is 6.20. The van der Waals surface area contributed by atoms with Crippen LogP contribution in [0.5, 0.6) is 5.75 Å². The summed E-state index contributed by atoms with van der Waals surface area (Å²) in [7, 11) is 0. The highest BCUT2D eigenvalue weighted by molar-refractivity contribution is 7.98. The van der Waals surface area contributed by atoms with Gasteiger partial charge in [0.25, 0.3) is 0 Å². The number of nitrogens with two attached hydrogens (primary N) is 1. The molecule has 0 saturated carbocycles. The van der Waals surface area contributed by atoms with E-state index in [0.29, 0.717) is 21.4 Å². The zero-order valence-corrected chi connectivity index (χ0v) is 11.7. The monoisotopic (exact) mass is 317 g/mol. The predicted molar refractivity (Wildman–Crippen MR) is 74.1 cm³/mol. The standard InChI is InChI=1S/C12H10ClF2N3OS/c13-8-1-2-9(19-12(14)15)7(5-8)6-20-11-10(16)17-3-4-18-11/h1-5,12H,6H2,(H2,16,17). The van der Waals surface area contributed by atoms with Crippen molar-refractivity contribution in [1.29, 1.82) is 0 Å².